The normalized spacial score (nSPS) is 22.7. The highest BCUT2D eigenvalue weighted by molar-refractivity contribution is 14.1. The molecule has 1 saturated heterocycles. The topological polar surface area (TPSA) is 9.23 Å². The van der Waals surface area contributed by atoms with Gasteiger partial charge in [-0.15, -0.1) is 0 Å². The maximum absolute atomic E-state index is 13.9. The molecule has 1 aliphatic rings. The predicted octanol–water partition coefficient (Wildman–Crippen LogP) is 7.08. The summed E-state index contributed by atoms with van der Waals surface area (Å²) in [6.07, 6.45) is -10.2. The lowest BCUT2D eigenvalue weighted by molar-refractivity contribution is -0.462. The van der Waals surface area contributed by atoms with Crippen LogP contribution in [0.5, 0.6) is 0 Å². The molecule has 0 saturated carbocycles. The van der Waals surface area contributed by atoms with E-state index in [2.05, 4.69) is 4.74 Å². The lowest BCUT2D eigenvalue weighted by atomic mass is 9.84. The summed E-state index contributed by atoms with van der Waals surface area (Å²) >= 11 is 1.51. The molecular formula is C14H10F17IO. The zero-order chi connectivity index (χ0) is 26.7. The Hall–Kier alpha value is -0.500. The first-order chi connectivity index (χ1) is 14.3. The summed E-state index contributed by atoms with van der Waals surface area (Å²) in [5, 5.41) is 0. The van der Waals surface area contributed by atoms with E-state index in [-0.39, 0.29) is 11.0 Å². The zero-order valence-electron chi connectivity index (χ0n) is 15.2. The van der Waals surface area contributed by atoms with Crippen molar-refractivity contribution in [3.63, 3.8) is 0 Å². The second kappa shape index (κ2) is 8.56. The third-order valence-electron chi connectivity index (χ3n) is 4.83. The maximum atomic E-state index is 13.9. The van der Waals surface area contributed by atoms with Crippen molar-refractivity contribution in [3.05, 3.63) is 0 Å². The Bertz CT molecular complexity index is 700. The van der Waals surface area contributed by atoms with E-state index >= 15 is 0 Å². The molecule has 0 aliphatic carbocycles. The van der Waals surface area contributed by atoms with Gasteiger partial charge >= 0.3 is 47.6 Å². The van der Waals surface area contributed by atoms with E-state index in [0.29, 0.717) is 0 Å². The minimum atomic E-state index is -8.59. The summed E-state index contributed by atoms with van der Waals surface area (Å²) in [5.74, 6) is -58.7. The van der Waals surface area contributed by atoms with Crippen LogP contribution in [0, 0.1) is 11.8 Å². The molecule has 1 heterocycles. The van der Waals surface area contributed by atoms with E-state index in [9.17, 15) is 74.6 Å². The molecule has 1 aliphatic heterocycles. The zero-order valence-corrected chi connectivity index (χ0v) is 17.4. The Morgan fingerprint density at radius 1 is 0.515 bits per heavy atom. The average molecular weight is 644 g/mol. The molecule has 0 radical (unpaired) electrons. The number of hydrogen-bond acceptors (Lipinski definition) is 1. The Morgan fingerprint density at radius 3 is 1.21 bits per heavy atom. The van der Waals surface area contributed by atoms with Crippen molar-refractivity contribution in [3.8, 4) is 0 Å². The van der Waals surface area contributed by atoms with Gasteiger partial charge in [0.2, 0.25) is 0 Å². The number of ether oxygens (including phenoxy) is 1. The van der Waals surface area contributed by atoms with Gasteiger partial charge in [0.15, 0.2) is 0 Å². The summed E-state index contributed by atoms with van der Waals surface area (Å²) in [4.78, 5) is 0. The van der Waals surface area contributed by atoms with Gasteiger partial charge in [-0.2, -0.15) is 74.6 Å². The molecule has 1 rings (SSSR count). The van der Waals surface area contributed by atoms with Crippen LogP contribution in [0.25, 0.3) is 0 Å². The first-order valence-corrected chi connectivity index (χ1v) is 9.65. The molecule has 0 aromatic rings. The Labute approximate surface area is 186 Å². The highest BCUT2D eigenvalue weighted by atomic mass is 127. The van der Waals surface area contributed by atoms with Crippen molar-refractivity contribution in [1.82, 2.24) is 0 Å². The van der Waals surface area contributed by atoms with Gasteiger partial charge in [0.1, 0.15) is 0 Å². The fourth-order valence-corrected chi connectivity index (χ4v) is 3.67. The van der Waals surface area contributed by atoms with Crippen molar-refractivity contribution >= 4 is 22.6 Å². The molecule has 0 aromatic heterocycles. The monoisotopic (exact) mass is 644 g/mol. The molecule has 1 nitrogen and oxygen atoms in total. The molecule has 0 unspecified atom stereocenters. The summed E-state index contributed by atoms with van der Waals surface area (Å²) in [6, 6.07) is 0. The second-order valence-corrected chi connectivity index (χ2v) is 7.95. The van der Waals surface area contributed by atoms with E-state index in [1.807, 2.05) is 0 Å². The Morgan fingerprint density at radius 2 is 0.848 bits per heavy atom. The number of hydrogen-bond donors (Lipinski definition) is 0. The highest BCUT2D eigenvalue weighted by Crippen LogP contribution is 2.64. The van der Waals surface area contributed by atoms with Crippen LogP contribution in [0.3, 0.4) is 0 Å². The van der Waals surface area contributed by atoms with Gasteiger partial charge < -0.3 is 4.74 Å². The smallest absolute Gasteiger partial charge is 0.381 e. The molecule has 0 N–H and O–H groups in total. The quantitative estimate of drug-likeness (QED) is 0.148. The maximum Gasteiger partial charge on any atom is 0.460 e. The largest absolute Gasteiger partial charge is 0.460 e. The first-order valence-electron chi connectivity index (χ1n) is 8.13. The minimum absolute atomic E-state index is 0.118. The van der Waals surface area contributed by atoms with Crippen LogP contribution in [0.4, 0.5) is 74.6 Å². The second-order valence-electron chi connectivity index (χ2n) is 7.06. The summed E-state index contributed by atoms with van der Waals surface area (Å²) < 4.78 is 229. The van der Waals surface area contributed by atoms with Gasteiger partial charge in [0.05, 0.1) is 6.61 Å². The van der Waals surface area contributed by atoms with Crippen LogP contribution in [-0.2, 0) is 4.74 Å². The van der Waals surface area contributed by atoms with Crippen LogP contribution in [0.2, 0.25) is 0 Å². The van der Waals surface area contributed by atoms with E-state index in [4.69, 9.17) is 0 Å². The predicted molar refractivity (Wildman–Crippen MR) is 82.0 cm³/mol. The Balaban J connectivity index is 3.50. The van der Waals surface area contributed by atoms with Gasteiger partial charge in [-0.3, -0.25) is 0 Å². The fourth-order valence-electron chi connectivity index (χ4n) is 2.69. The molecule has 0 aromatic carbocycles. The van der Waals surface area contributed by atoms with Crippen LogP contribution < -0.4 is 0 Å². The molecule has 0 spiro atoms. The molecular weight excluding hydrogens is 634 g/mol. The summed E-state index contributed by atoms with van der Waals surface area (Å²) in [7, 11) is 0. The van der Waals surface area contributed by atoms with Crippen molar-refractivity contribution in [2.24, 2.45) is 11.8 Å². The molecule has 0 bridgehead atoms. The van der Waals surface area contributed by atoms with Gasteiger partial charge in [0.25, 0.3) is 0 Å². The van der Waals surface area contributed by atoms with E-state index < -0.39 is 72.5 Å². The number of halogens is 18. The highest BCUT2D eigenvalue weighted by Gasteiger charge is 2.95. The van der Waals surface area contributed by atoms with Crippen LogP contribution in [0.15, 0.2) is 0 Å². The van der Waals surface area contributed by atoms with Crippen molar-refractivity contribution < 1.29 is 79.4 Å². The standard InChI is InChI=1S/C14H10F17IO/c15-7(16,1-5-3-33-4-6(5)2-32)8(17,18)9(19,20)10(21,22)11(23,24)12(25,26)13(27,28)14(29,30)31/h5-6H,1-4H2/t5-,6+/m1/s1. The average Bonchev–Trinajstić information content (AvgIpc) is 3.06. The van der Waals surface area contributed by atoms with Crippen molar-refractivity contribution in [2.45, 2.75) is 54.1 Å². The lowest BCUT2D eigenvalue weighted by Crippen LogP contribution is -2.74. The number of alkyl halides is 18. The van der Waals surface area contributed by atoms with Crippen molar-refractivity contribution in [1.29, 1.82) is 0 Å². The van der Waals surface area contributed by atoms with Gasteiger partial charge in [-0.25, -0.2) is 0 Å². The summed E-state index contributed by atoms with van der Waals surface area (Å²) in [5.41, 5.74) is 0. The summed E-state index contributed by atoms with van der Waals surface area (Å²) in [6.45, 7) is -1.17. The third-order valence-corrected chi connectivity index (χ3v) is 5.97. The third kappa shape index (κ3) is 4.34. The van der Waals surface area contributed by atoms with Crippen LogP contribution in [-0.4, -0.2) is 65.3 Å². The lowest BCUT2D eigenvalue weighted by Gasteiger charge is -2.43. The van der Waals surface area contributed by atoms with Crippen molar-refractivity contribution in [2.75, 3.05) is 17.6 Å². The van der Waals surface area contributed by atoms with Gasteiger partial charge in [-0.1, -0.05) is 22.6 Å². The van der Waals surface area contributed by atoms with E-state index in [0.717, 1.165) is 0 Å². The molecule has 1 fully saturated rings. The van der Waals surface area contributed by atoms with Gasteiger partial charge in [0, 0.05) is 17.5 Å². The molecule has 198 valence electrons. The minimum Gasteiger partial charge on any atom is -0.381 e. The van der Waals surface area contributed by atoms with Crippen LogP contribution in [0.1, 0.15) is 6.42 Å². The molecule has 0 amide bonds. The van der Waals surface area contributed by atoms with Crippen LogP contribution >= 0.6 is 22.6 Å². The molecule has 19 heteroatoms. The molecule has 33 heavy (non-hydrogen) atoms. The Kier molecular flexibility index (Phi) is 7.92. The van der Waals surface area contributed by atoms with Gasteiger partial charge in [-0.05, 0) is 11.8 Å². The van der Waals surface area contributed by atoms with E-state index in [1.165, 1.54) is 22.6 Å². The fraction of sp³-hybridized carbons (Fsp3) is 1.00. The molecule has 2 atom stereocenters. The number of rotatable bonds is 9. The SMILES string of the molecule is FC(F)(F)C(F)(F)C(F)(F)C(F)(F)C(F)(F)C(F)(F)C(F)(F)C(F)(F)C[C@@H]1COC[C@@H]1CI. The first kappa shape index (κ1) is 30.5. The van der Waals surface area contributed by atoms with E-state index in [1.54, 1.807) is 0 Å².